The minimum absolute atomic E-state index is 0.131. The maximum absolute atomic E-state index is 11.0. The van der Waals surface area contributed by atoms with Crippen LogP contribution in [0.4, 0.5) is 0 Å². The molecule has 1 aliphatic heterocycles. The molecule has 1 atom stereocenters. The van der Waals surface area contributed by atoms with E-state index in [4.69, 9.17) is 9.84 Å². The van der Waals surface area contributed by atoms with Gasteiger partial charge in [-0.1, -0.05) is 13.8 Å². The summed E-state index contributed by atoms with van der Waals surface area (Å²) in [7, 11) is 0. The number of nitrogens with one attached hydrogen (secondary N) is 1. The van der Waals surface area contributed by atoms with Gasteiger partial charge in [0.25, 0.3) is 0 Å². The van der Waals surface area contributed by atoms with E-state index in [1.165, 1.54) is 25.7 Å². The monoisotopic (exact) mass is 323 g/mol. The zero-order valence-electron chi connectivity index (χ0n) is 14.7. The third-order valence-electron chi connectivity index (χ3n) is 6.61. The van der Waals surface area contributed by atoms with Crippen LogP contribution in [0.2, 0.25) is 0 Å². The van der Waals surface area contributed by atoms with E-state index < -0.39 is 5.97 Å². The summed E-state index contributed by atoms with van der Waals surface area (Å²) in [5.41, 5.74) is -0.131. The predicted octanol–water partition coefficient (Wildman–Crippen LogP) is 3.45. The Bertz CT molecular complexity index is 409. The average molecular weight is 323 g/mol. The zero-order valence-corrected chi connectivity index (χ0v) is 14.7. The van der Waals surface area contributed by atoms with Gasteiger partial charge in [0.05, 0.1) is 11.5 Å². The highest BCUT2D eigenvalue weighted by Gasteiger charge is 2.51. The smallest absolute Gasteiger partial charge is 0.306 e. The molecule has 4 nitrogen and oxygen atoms in total. The molecule has 1 unspecified atom stereocenters. The average Bonchev–Trinajstić information content (AvgIpc) is 2.51. The molecule has 0 radical (unpaired) electrons. The van der Waals surface area contributed by atoms with Gasteiger partial charge in [-0.05, 0) is 75.7 Å². The Hall–Kier alpha value is -0.610. The molecule has 0 bridgehead atoms. The Balaban J connectivity index is 1.39. The van der Waals surface area contributed by atoms with Crippen molar-refractivity contribution in [2.24, 2.45) is 23.7 Å². The summed E-state index contributed by atoms with van der Waals surface area (Å²) in [6.07, 6.45) is 9.00. The summed E-state index contributed by atoms with van der Waals surface area (Å²) >= 11 is 0. The maximum atomic E-state index is 11.0. The Labute approximate surface area is 140 Å². The van der Waals surface area contributed by atoms with Crippen LogP contribution in [0.15, 0.2) is 0 Å². The summed E-state index contributed by atoms with van der Waals surface area (Å²) in [6.45, 7) is 6.62. The molecule has 1 saturated heterocycles. The first-order chi connectivity index (χ1) is 11.0. The third kappa shape index (κ3) is 4.08. The van der Waals surface area contributed by atoms with Gasteiger partial charge < -0.3 is 15.2 Å². The van der Waals surface area contributed by atoms with Crippen LogP contribution >= 0.6 is 0 Å². The minimum Gasteiger partial charge on any atom is -0.481 e. The van der Waals surface area contributed by atoms with E-state index in [2.05, 4.69) is 19.2 Å². The fourth-order valence-electron chi connectivity index (χ4n) is 4.89. The second-order valence-corrected chi connectivity index (χ2v) is 8.60. The third-order valence-corrected chi connectivity index (χ3v) is 6.61. The lowest BCUT2D eigenvalue weighted by Gasteiger charge is -2.50. The van der Waals surface area contributed by atoms with Crippen molar-refractivity contribution >= 4 is 5.97 Å². The summed E-state index contributed by atoms with van der Waals surface area (Å²) < 4.78 is 5.94. The topological polar surface area (TPSA) is 58.6 Å². The van der Waals surface area contributed by atoms with E-state index in [1.54, 1.807) is 0 Å². The van der Waals surface area contributed by atoms with Gasteiger partial charge in [0.15, 0.2) is 0 Å². The Morgan fingerprint density at radius 3 is 2.48 bits per heavy atom. The van der Waals surface area contributed by atoms with Crippen molar-refractivity contribution in [2.75, 3.05) is 13.2 Å². The maximum Gasteiger partial charge on any atom is 0.306 e. The quantitative estimate of drug-likeness (QED) is 0.813. The van der Waals surface area contributed by atoms with Crippen LogP contribution in [-0.4, -0.2) is 35.9 Å². The summed E-state index contributed by atoms with van der Waals surface area (Å²) in [5.74, 6) is 1.76. The fourth-order valence-corrected chi connectivity index (χ4v) is 4.89. The fraction of sp³-hybridized carbons (Fsp3) is 0.947. The van der Waals surface area contributed by atoms with Gasteiger partial charge in [0, 0.05) is 12.6 Å². The molecule has 2 saturated carbocycles. The van der Waals surface area contributed by atoms with Crippen LogP contribution in [0.1, 0.15) is 65.2 Å². The first kappa shape index (κ1) is 17.2. The lowest BCUT2D eigenvalue weighted by molar-refractivity contribution is -0.181. The molecule has 2 N–H and O–H groups in total. The van der Waals surface area contributed by atoms with Crippen LogP contribution in [-0.2, 0) is 9.53 Å². The van der Waals surface area contributed by atoms with Crippen LogP contribution in [0, 0.1) is 23.7 Å². The lowest BCUT2D eigenvalue weighted by Crippen LogP contribution is -2.56. The standard InChI is InChI=1S/C19H33NO3/c1-13(2)15-5-3-14(4-6-15)12-20-17-7-8-23-19(11-17)9-16(10-19)18(21)22/h13-17,20H,3-12H2,1-2H3,(H,21,22). The van der Waals surface area contributed by atoms with Gasteiger partial charge in [-0.3, -0.25) is 4.79 Å². The summed E-state index contributed by atoms with van der Waals surface area (Å²) in [6, 6.07) is 0.515. The number of carboxylic acid groups (broad SMARTS) is 1. The molecule has 0 aromatic rings. The van der Waals surface area contributed by atoms with Gasteiger partial charge in [-0.25, -0.2) is 0 Å². The van der Waals surface area contributed by atoms with Gasteiger partial charge in [0.1, 0.15) is 0 Å². The number of carbonyl (C=O) groups is 1. The normalized spacial score (nSPS) is 41.0. The molecule has 3 fully saturated rings. The van der Waals surface area contributed by atoms with Crippen molar-refractivity contribution in [3.05, 3.63) is 0 Å². The molecule has 0 aromatic carbocycles. The van der Waals surface area contributed by atoms with Gasteiger partial charge >= 0.3 is 5.97 Å². The highest BCUT2D eigenvalue weighted by Crippen LogP contribution is 2.46. The van der Waals surface area contributed by atoms with E-state index in [0.717, 1.165) is 43.7 Å². The van der Waals surface area contributed by atoms with Crippen LogP contribution in [0.3, 0.4) is 0 Å². The summed E-state index contributed by atoms with van der Waals surface area (Å²) in [5, 5.41) is 12.9. The van der Waals surface area contributed by atoms with E-state index in [0.29, 0.717) is 18.9 Å². The number of aliphatic carboxylic acids is 1. The van der Waals surface area contributed by atoms with E-state index in [1.807, 2.05) is 0 Å². The first-order valence-electron chi connectivity index (χ1n) is 9.57. The largest absolute Gasteiger partial charge is 0.481 e. The van der Waals surface area contributed by atoms with Crippen molar-refractivity contribution < 1.29 is 14.6 Å². The van der Waals surface area contributed by atoms with Gasteiger partial charge in [-0.15, -0.1) is 0 Å². The van der Waals surface area contributed by atoms with Crippen molar-refractivity contribution in [1.29, 1.82) is 0 Å². The number of ether oxygens (including phenoxy) is 1. The molecule has 1 heterocycles. The van der Waals surface area contributed by atoms with E-state index in [-0.39, 0.29) is 11.5 Å². The molecular weight excluding hydrogens is 290 g/mol. The Morgan fingerprint density at radius 2 is 1.87 bits per heavy atom. The molecule has 3 rings (SSSR count). The van der Waals surface area contributed by atoms with Crippen LogP contribution in [0.25, 0.3) is 0 Å². The number of hydrogen-bond acceptors (Lipinski definition) is 3. The first-order valence-corrected chi connectivity index (χ1v) is 9.57. The van der Waals surface area contributed by atoms with Crippen LogP contribution in [0.5, 0.6) is 0 Å². The van der Waals surface area contributed by atoms with Crippen molar-refractivity contribution in [2.45, 2.75) is 76.9 Å². The number of hydrogen-bond donors (Lipinski definition) is 2. The Morgan fingerprint density at radius 1 is 1.17 bits per heavy atom. The molecule has 23 heavy (non-hydrogen) atoms. The van der Waals surface area contributed by atoms with E-state index in [9.17, 15) is 4.79 Å². The molecule has 4 heteroatoms. The molecule has 0 aromatic heterocycles. The van der Waals surface area contributed by atoms with Crippen molar-refractivity contribution in [3.63, 3.8) is 0 Å². The van der Waals surface area contributed by atoms with Crippen LogP contribution < -0.4 is 5.32 Å². The van der Waals surface area contributed by atoms with Crippen molar-refractivity contribution in [1.82, 2.24) is 5.32 Å². The number of carboxylic acids is 1. The lowest BCUT2D eigenvalue weighted by atomic mass is 9.66. The molecule has 3 aliphatic rings. The molecule has 0 amide bonds. The highest BCUT2D eigenvalue weighted by molar-refractivity contribution is 5.71. The predicted molar refractivity (Wildman–Crippen MR) is 90.4 cm³/mol. The number of rotatable bonds is 5. The second-order valence-electron chi connectivity index (χ2n) is 8.60. The SMILES string of the molecule is CC(C)C1CCC(CNC2CCOC3(C2)CC(C(=O)O)C3)CC1. The minimum atomic E-state index is -0.656. The van der Waals surface area contributed by atoms with Gasteiger partial charge in [0.2, 0.25) is 0 Å². The molecule has 1 spiro atoms. The second kappa shape index (κ2) is 7.10. The highest BCUT2D eigenvalue weighted by atomic mass is 16.5. The van der Waals surface area contributed by atoms with Gasteiger partial charge in [-0.2, -0.15) is 0 Å². The zero-order chi connectivity index (χ0) is 16.4. The van der Waals surface area contributed by atoms with Crippen molar-refractivity contribution in [3.8, 4) is 0 Å². The van der Waals surface area contributed by atoms with E-state index >= 15 is 0 Å². The molecule has 2 aliphatic carbocycles. The summed E-state index contributed by atoms with van der Waals surface area (Å²) in [4.78, 5) is 11.0. The Kier molecular flexibility index (Phi) is 5.32. The molecular formula is C19H33NO3. The molecule has 132 valence electrons.